The molecule has 3 nitrogen and oxygen atoms in total. The molecule has 0 atom stereocenters. The third-order valence-corrected chi connectivity index (χ3v) is 4.70. The summed E-state index contributed by atoms with van der Waals surface area (Å²) in [6.07, 6.45) is 3.79. The molecule has 0 spiro atoms. The van der Waals surface area contributed by atoms with Crippen LogP contribution in [-0.4, -0.2) is 27.8 Å². The molecule has 0 bridgehead atoms. The molecule has 1 fully saturated rings. The number of rotatable bonds is 6. The van der Waals surface area contributed by atoms with E-state index in [0.29, 0.717) is 0 Å². The second kappa shape index (κ2) is 7.19. The molecule has 18 heavy (non-hydrogen) atoms. The fourth-order valence-electron chi connectivity index (χ4n) is 2.46. The van der Waals surface area contributed by atoms with Gasteiger partial charge in [0.1, 0.15) is 0 Å². The zero-order chi connectivity index (χ0) is 12.8. The van der Waals surface area contributed by atoms with Crippen LogP contribution < -0.4 is 5.32 Å². The Hall–Kier alpha value is -0.480. The molecule has 0 aromatic carbocycles. The first-order chi connectivity index (χ1) is 8.83. The zero-order valence-corrected chi connectivity index (χ0v) is 12.4. The predicted octanol–water partition coefficient (Wildman–Crippen LogP) is 2.70. The zero-order valence-electron chi connectivity index (χ0n) is 11.6. The average Bonchev–Trinajstić information content (AvgIpc) is 2.82. The summed E-state index contributed by atoms with van der Waals surface area (Å²) in [4.78, 5) is 0. The van der Waals surface area contributed by atoms with Crippen LogP contribution in [0.4, 0.5) is 0 Å². The van der Waals surface area contributed by atoms with Crippen molar-refractivity contribution in [1.29, 1.82) is 0 Å². The molecule has 102 valence electrons. The fourth-order valence-corrected chi connectivity index (χ4v) is 3.66. The highest BCUT2D eigenvalue weighted by Gasteiger charge is 2.13. The minimum absolute atomic E-state index is 0.884. The average molecular weight is 267 g/mol. The van der Waals surface area contributed by atoms with Gasteiger partial charge < -0.3 is 5.32 Å². The van der Waals surface area contributed by atoms with E-state index < -0.39 is 0 Å². The van der Waals surface area contributed by atoms with Gasteiger partial charge in [0.15, 0.2) is 0 Å². The molecule has 0 saturated carbocycles. The molecule has 4 heteroatoms. The van der Waals surface area contributed by atoms with Crippen molar-refractivity contribution in [2.24, 2.45) is 5.92 Å². The van der Waals surface area contributed by atoms with Crippen LogP contribution in [0.5, 0.6) is 0 Å². The third-order valence-electron chi connectivity index (χ3n) is 3.66. The first kappa shape index (κ1) is 13.9. The first-order valence-electron chi connectivity index (χ1n) is 7.17. The summed E-state index contributed by atoms with van der Waals surface area (Å²) in [6.45, 7) is 7.42. The Morgan fingerprint density at radius 2 is 2.17 bits per heavy atom. The van der Waals surface area contributed by atoms with E-state index in [-0.39, 0.29) is 0 Å². The van der Waals surface area contributed by atoms with E-state index in [1.807, 2.05) is 0 Å². The van der Waals surface area contributed by atoms with E-state index in [0.717, 1.165) is 32.0 Å². The molecule has 0 amide bonds. The van der Waals surface area contributed by atoms with Gasteiger partial charge in [-0.3, -0.25) is 4.68 Å². The van der Waals surface area contributed by atoms with Crippen molar-refractivity contribution >= 4 is 11.8 Å². The van der Waals surface area contributed by atoms with Crippen LogP contribution in [0.15, 0.2) is 6.07 Å². The van der Waals surface area contributed by atoms with E-state index in [1.54, 1.807) is 0 Å². The van der Waals surface area contributed by atoms with Crippen molar-refractivity contribution in [3.8, 4) is 0 Å². The van der Waals surface area contributed by atoms with E-state index in [4.69, 9.17) is 0 Å². The van der Waals surface area contributed by atoms with Gasteiger partial charge in [-0.25, -0.2) is 0 Å². The summed E-state index contributed by atoms with van der Waals surface area (Å²) in [5.41, 5.74) is 2.54. The van der Waals surface area contributed by atoms with Gasteiger partial charge in [0.2, 0.25) is 0 Å². The van der Waals surface area contributed by atoms with Crippen LogP contribution in [0.1, 0.15) is 38.1 Å². The van der Waals surface area contributed by atoms with Gasteiger partial charge in [0.25, 0.3) is 0 Å². The summed E-state index contributed by atoms with van der Waals surface area (Å²) in [5.74, 6) is 3.58. The largest absolute Gasteiger partial charge is 0.311 e. The highest BCUT2D eigenvalue weighted by Crippen LogP contribution is 2.21. The van der Waals surface area contributed by atoms with E-state index in [1.165, 1.54) is 35.7 Å². The van der Waals surface area contributed by atoms with Gasteiger partial charge >= 0.3 is 0 Å². The maximum Gasteiger partial charge on any atom is 0.0625 e. The summed E-state index contributed by atoms with van der Waals surface area (Å²) in [5, 5.41) is 8.20. The van der Waals surface area contributed by atoms with Crippen LogP contribution in [0.25, 0.3) is 0 Å². The molecule has 1 aromatic heterocycles. The smallest absolute Gasteiger partial charge is 0.0625 e. The van der Waals surface area contributed by atoms with Gasteiger partial charge in [-0.15, -0.1) is 0 Å². The number of hydrogen-bond donors (Lipinski definition) is 1. The second-order valence-electron chi connectivity index (χ2n) is 4.98. The SMILES string of the molecule is CCc1cc(CNCC2CCSCC2)n(CC)n1. The Balaban J connectivity index is 1.79. The molecule has 1 aromatic rings. The second-order valence-corrected chi connectivity index (χ2v) is 6.21. The molecule has 1 aliphatic rings. The molecular weight excluding hydrogens is 242 g/mol. The van der Waals surface area contributed by atoms with Crippen LogP contribution >= 0.6 is 11.8 Å². The van der Waals surface area contributed by atoms with Crippen molar-refractivity contribution in [3.63, 3.8) is 0 Å². The summed E-state index contributed by atoms with van der Waals surface area (Å²) >= 11 is 2.10. The van der Waals surface area contributed by atoms with Crippen molar-refractivity contribution in [2.75, 3.05) is 18.1 Å². The standard InChI is InChI=1S/C14H25N3S/c1-3-13-9-14(17(4-2)16-13)11-15-10-12-5-7-18-8-6-12/h9,12,15H,3-8,10-11H2,1-2H3. The van der Waals surface area contributed by atoms with Gasteiger partial charge in [-0.1, -0.05) is 6.92 Å². The lowest BCUT2D eigenvalue weighted by molar-refractivity contribution is 0.441. The van der Waals surface area contributed by atoms with Crippen molar-refractivity contribution in [2.45, 2.75) is 46.2 Å². The normalized spacial score (nSPS) is 17.2. The molecule has 0 aliphatic carbocycles. The Morgan fingerprint density at radius 1 is 1.39 bits per heavy atom. The van der Waals surface area contributed by atoms with Gasteiger partial charge in [0, 0.05) is 13.1 Å². The summed E-state index contributed by atoms with van der Waals surface area (Å²) < 4.78 is 2.13. The highest BCUT2D eigenvalue weighted by molar-refractivity contribution is 7.99. The monoisotopic (exact) mass is 267 g/mol. The lowest BCUT2D eigenvalue weighted by atomic mass is 10.0. The van der Waals surface area contributed by atoms with Crippen LogP contribution in [0, 0.1) is 5.92 Å². The van der Waals surface area contributed by atoms with E-state index in [9.17, 15) is 0 Å². The fraction of sp³-hybridized carbons (Fsp3) is 0.786. The molecule has 1 N–H and O–H groups in total. The molecule has 2 rings (SSSR count). The first-order valence-corrected chi connectivity index (χ1v) is 8.33. The summed E-state index contributed by atoms with van der Waals surface area (Å²) in [6, 6.07) is 2.24. The number of nitrogens with zero attached hydrogens (tertiary/aromatic N) is 2. The van der Waals surface area contributed by atoms with E-state index in [2.05, 4.69) is 46.8 Å². The van der Waals surface area contributed by atoms with Crippen molar-refractivity contribution in [1.82, 2.24) is 15.1 Å². The topological polar surface area (TPSA) is 29.9 Å². The molecule has 1 saturated heterocycles. The van der Waals surface area contributed by atoms with Gasteiger partial charge in [-0.2, -0.15) is 16.9 Å². The summed E-state index contributed by atoms with van der Waals surface area (Å²) in [7, 11) is 0. The van der Waals surface area contributed by atoms with Crippen molar-refractivity contribution in [3.05, 3.63) is 17.5 Å². The Bertz CT molecular complexity index is 356. The minimum atomic E-state index is 0.884. The lowest BCUT2D eigenvalue weighted by Crippen LogP contribution is -2.26. The number of thioether (sulfide) groups is 1. The number of hydrogen-bond acceptors (Lipinski definition) is 3. The van der Waals surface area contributed by atoms with Gasteiger partial charge in [0.05, 0.1) is 11.4 Å². The van der Waals surface area contributed by atoms with Crippen LogP contribution in [0.3, 0.4) is 0 Å². The van der Waals surface area contributed by atoms with Crippen molar-refractivity contribution < 1.29 is 0 Å². The van der Waals surface area contributed by atoms with E-state index >= 15 is 0 Å². The van der Waals surface area contributed by atoms with Crippen LogP contribution in [0.2, 0.25) is 0 Å². The molecule has 0 unspecified atom stereocenters. The van der Waals surface area contributed by atoms with Gasteiger partial charge in [-0.05, 0) is 56.2 Å². The molecule has 0 radical (unpaired) electrons. The highest BCUT2D eigenvalue weighted by atomic mass is 32.2. The predicted molar refractivity (Wildman–Crippen MR) is 79.0 cm³/mol. The maximum atomic E-state index is 4.59. The number of aromatic nitrogens is 2. The Kier molecular flexibility index (Phi) is 5.57. The quantitative estimate of drug-likeness (QED) is 0.859. The Morgan fingerprint density at radius 3 is 2.83 bits per heavy atom. The van der Waals surface area contributed by atoms with Crippen LogP contribution in [-0.2, 0) is 19.5 Å². The maximum absolute atomic E-state index is 4.59. The molecule has 2 heterocycles. The molecule has 1 aliphatic heterocycles. The number of nitrogens with one attached hydrogen (secondary N) is 1. The lowest BCUT2D eigenvalue weighted by Gasteiger charge is -2.21. The Labute approximate surface area is 115 Å². The minimum Gasteiger partial charge on any atom is -0.311 e. The number of aryl methyl sites for hydroxylation is 2. The third kappa shape index (κ3) is 3.75. The molecular formula is C14H25N3S.